The van der Waals surface area contributed by atoms with E-state index in [4.69, 9.17) is 4.74 Å². The first-order chi connectivity index (χ1) is 11.7. The van der Waals surface area contributed by atoms with Gasteiger partial charge in [0.1, 0.15) is 0 Å². The van der Waals surface area contributed by atoms with E-state index >= 15 is 0 Å². The number of nitrogens with one attached hydrogen (secondary N) is 3. The quantitative estimate of drug-likeness (QED) is 0.502. The first-order valence-electron chi connectivity index (χ1n) is 8.64. The topological polar surface area (TPSA) is 74.8 Å². The van der Waals surface area contributed by atoms with Crippen LogP contribution in [-0.2, 0) is 11.2 Å². The van der Waals surface area contributed by atoms with Gasteiger partial charge in [-0.15, -0.1) is 0 Å². The molecule has 1 aromatic rings. The number of aliphatic imine (C=N–C) groups is 1. The summed E-state index contributed by atoms with van der Waals surface area (Å²) >= 11 is 0. The summed E-state index contributed by atoms with van der Waals surface area (Å²) in [5.41, 5.74) is 1.29. The average Bonchev–Trinajstić information content (AvgIpc) is 3.43. The van der Waals surface area contributed by atoms with Crippen LogP contribution in [0.3, 0.4) is 0 Å². The lowest BCUT2D eigenvalue weighted by Crippen LogP contribution is -2.48. The lowest BCUT2D eigenvalue weighted by atomic mass is 10.1. The van der Waals surface area contributed by atoms with E-state index in [2.05, 4.69) is 33.1 Å². The summed E-state index contributed by atoms with van der Waals surface area (Å²) in [6, 6.07) is 10.4. The molecular weight excluding hydrogens is 304 g/mol. The van der Waals surface area contributed by atoms with E-state index in [-0.39, 0.29) is 12.1 Å². The van der Waals surface area contributed by atoms with E-state index in [0.717, 1.165) is 31.8 Å². The smallest absolute Gasteiger partial charge is 0.407 e. The van der Waals surface area contributed by atoms with Crippen molar-refractivity contribution < 1.29 is 9.53 Å². The van der Waals surface area contributed by atoms with Gasteiger partial charge < -0.3 is 20.7 Å². The molecule has 6 nitrogen and oxygen atoms in total. The molecule has 1 atom stereocenters. The highest BCUT2D eigenvalue weighted by atomic mass is 16.5. The number of amides is 1. The van der Waals surface area contributed by atoms with Crippen LogP contribution >= 0.6 is 0 Å². The normalized spacial score (nSPS) is 15.5. The van der Waals surface area contributed by atoms with Crippen molar-refractivity contribution in [2.24, 2.45) is 10.9 Å². The van der Waals surface area contributed by atoms with E-state index in [1.165, 1.54) is 5.56 Å². The van der Waals surface area contributed by atoms with Gasteiger partial charge in [-0.1, -0.05) is 30.3 Å². The molecule has 1 unspecified atom stereocenters. The van der Waals surface area contributed by atoms with Crippen LogP contribution in [0.25, 0.3) is 0 Å². The lowest BCUT2D eigenvalue weighted by Gasteiger charge is -2.20. The van der Waals surface area contributed by atoms with Crippen LogP contribution in [0.1, 0.15) is 25.3 Å². The minimum absolute atomic E-state index is 0.0803. The Morgan fingerprint density at radius 3 is 2.67 bits per heavy atom. The SMILES string of the molecule is CCOC(=O)NC(CNC(=NC)NCCc1ccccc1)C1CC1. The minimum Gasteiger partial charge on any atom is -0.450 e. The minimum atomic E-state index is -0.344. The van der Waals surface area contributed by atoms with Crippen molar-refractivity contribution in [2.45, 2.75) is 32.2 Å². The number of hydrogen-bond donors (Lipinski definition) is 3. The Morgan fingerprint density at radius 2 is 2.04 bits per heavy atom. The van der Waals surface area contributed by atoms with Crippen LogP contribution in [0.4, 0.5) is 4.79 Å². The molecule has 1 aliphatic rings. The van der Waals surface area contributed by atoms with Crippen molar-refractivity contribution >= 4 is 12.1 Å². The summed E-state index contributed by atoms with van der Waals surface area (Å²) in [7, 11) is 1.75. The molecule has 0 spiro atoms. The fourth-order valence-electron chi connectivity index (χ4n) is 2.56. The Bertz CT molecular complexity index is 529. The van der Waals surface area contributed by atoms with E-state index in [1.807, 2.05) is 25.1 Å². The molecule has 1 saturated carbocycles. The third-order valence-electron chi connectivity index (χ3n) is 4.03. The third kappa shape index (κ3) is 6.48. The van der Waals surface area contributed by atoms with Crippen molar-refractivity contribution in [3.05, 3.63) is 35.9 Å². The number of rotatable bonds is 8. The van der Waals surface area contributed by atoms with Gasteiger partial charge >= 0.3 is 6.09 Å². The maximum atomic E-state index is 11.6. The van der Waals surface area contributed by atoms with Crippen LogP contribution in [0.5, 0.6) is 0 Å². The van der Waals surface area contributed by atoms with Crippen LogP contribution in [0.2, 0.25) is 0 Å². The number of benzene rings is 1. The van der Waals surface area contributed by atoms with Gasteiger partial charge in [0.25, 0.3) is 0 Å². The Hall–Kier alpha value is -2.24. The predicted octanol–water partition coefficient (Wildman–Crippen LogP) is 1.92. The third-order valence-corrected chi connectivity index (χ3v) is 4.03. The summed E-state index contributed by atoms with van der Waals surface area (Å²) in [5.74, 6) is 1.28. The monoisotopic (exact) mass is 332 g/mol. The van der Waals surface area contributed by atoms with Crippen LogP contribution in [0.15, 0.2) is 35.3 Å². The Balaban J connectivity index is 1.72. The van der Waals surface area contributed by atoms with Crippen LogP contribution in [0, 0.1) is 5.92 Å². The highest BCUT2D eigenvalue weighted by Crippen LogP contribution is 2.32. The van der Waals surface area contributed by atoms with Crippen LogP contribution in [-0.4, -0.2) is 44.8 Å². The molecule has 0 saturated heterocycles. The number of carbonyl (C=O) groups excluding carboxylic acids is 1. The van der Waals surface area contributed by atoms with Gasteiger partial charge in [-0.2, -0.15) is 0 Å². The van der Waals surface area contributed by atoms with Gasteiger partial charge in [0.2, 0.25) is 0 Å². The Labute approximate surface area is 144 Å². The zero-order valence-corrected chi connectivity index (χ0v) is 14.5. The molecule has 1 aliphatic carbocycles. The largest absolute Gasteiger partial charge is 0.450 e. The highest BCUT2D eigenvalue weighted by Gasteiger charge is 2.32. The molecule has 1 amide bonds. The fraction of sp³-hybridized carbons (Fsp3) is 0.556. The highest BCUT2D eigenvalue weighted by molar-refractivity contribution is 5.79. The molecule has 132 valence electrons. The van der Waals surface area contributed by atoms with Gasteiger partial charge in [0.15, 0.2) is 5.96 Å². The van der Waals surface area contributed by atoms with Gasteiger partial charge in [0.05, 0.1) is 12.6 Å². The fourth-order valence-corrected chi connectivity index (χ4v) is 2.56. The molecule has 0 bridgehead atoms. The zero-order chi connectivity index (χ0) is 17.2. The number of carbonyl (C=O) groups is 1. The molecule has 6 heteroatoms. The first kappa shape index (κ1) is 18.1. The van der Waals surface area contributed by atoms with E-state index in [0.29, 0.717) is 19.1 Å². The van der Waals surface area contributed by atoms with Gasteiger partial charge in [-0.25, -0.2) is 4.79 Å². The maximum Gasteiger partial charge on any atom is 0.407 e. The van der Waals surface area contributed by atoms with Crippen molar-refractivity contribution in [1.29, 1.82) is 0 Å². The van der Waals surface area contributed by atoms with Gasteiger partial charge in [0, 0.05) is 20.1 Å². The molecular formula is C18H28N4O2. The molecule has 2 rings (SSSR count). The zero-order valence-electron chi connectivity index (χ0n) is 14.5. The van der Waals surface area contributed by atoms with Crippen molar-refractivity contribution in [3.63, 3.8) is 0 Å². The molecule has 0 radical (unpaired) electrons. The van der Waals surface area contributed by atoms with Gasteiger partial charge in [-0.3, -0.25) is 4.99 Å². The summed E-state index contributed by atoms with van der Waals surface area (Å²) in [6.45, 7) is 3.65. The molecule has 0 heterocycles. The average molecular weight is 332 g/mol. The number of hydrogen-bond acceptors (Lipinski definition) is 3. The second-order valence-electron chi connectivity index (χ2n) is 5.92. The van der Waals surface area contributed by atoms with Crippen molar-refractivity contribution in [3.8, 4) is 0 Å². The number of nitrogens with zero attached hydrogens (tertiary/aromatic N) is 1. The number of alkyl carbamates (subject to hydrolysis) is 1. The summed E-state index contributed by atoms with van der Waals surface area (Å²) < 4.78 is 4.97. The number of ether oxygens (including phenoxy) is 1. The molecule has 0 aromatic heterocycles. The first-order valence-corrected chi connectivity index (χ1v) is 8.64. The molecule has 0 aliphatic heterocycles. The standard InChI is InChI=1S/C18H28N4O2/c1-3-24-18(23)22-16(15-9-10-15)13-21-17(19-2)20-12-11-14-7-5-4-6-8-14/h4-8,15-16H,3,9-13H2,1-2H3,(H,22,23)(H2,19,20,21). The van der Waals surface area contributed by atoms with E-state index < -0.39 is 0 Å². The second kappa shape index (κ2) is 9.80. The van der Waals surface area contributed by atoms with Crippen molar-refractivity contribution in [2.75, 3.05) is 26.7 Å². The predicted molar refractivity (Wildman–Crippen MR) is 96.2 cm³/mol. The van der Waals surface area contributed by atoms with Gasteiger partial charge in [-0.05, 0) is 37.7 Å². The van der Waals surface area contributed by atoms with E-state index in [1.54, 1.807) is 7.05 Å². The van der Waals surface area contributed by atoms with E-state index in [9.17, 15) is 4.79 Å². The molecule has 1 aromatic carbocycles. The van der Waals surface area contributed by atoms with Crippen LogP contribution < -0.4 is 16.0 Å². The number of guanidine groups is 1. The lowest BCUT2D eigenvalue weighted by molar-refractivity contribution is 0.146. The molecule has 1 fully saturated rings. The Kier molecular flexibility index (Phi) is 7.39. The maximum absolute atomic E-state index is 11.6. The summed E-state index contributed by atoms with van der Waals surface area (Å²) in [5, 5.41) is 9.53. The summed E-state index contributed by atoms with van der Waals surface area (Å²) in [4.78, 5) is 15.9. The molecule has 3 N–H and O–H groups in total. The second-order valence-corrected chi connectivity index (χ2v) is 5.92. The van der Waals surface area contributed by atoms with Crippen molar-refractivity contribution in [1.82, 2.24) is 16.0 Å². The Morgan fingerprint density at radius 1 is 1.29 bits per heavy atom. The molecule has 24 heavy (non-hydrogen) atoms. The summed E-state index contributed by atoms with van der Waals surface area (Å²) in [6.07, 6.45) is 2.90.